The number of amides is 1. The number of carboxylic acids is 1. The Morgan fingerprint density at radius 1 is 1.35 bits per heavy atom. The van der Waals surface area contributed by atoms with Crippen molar-refractivity contribution in [3.05, 3.63) is 0 Å². The van der Waals surface area contributed by atoms with Gasteiger partial charge in [0, 0.05) is 6.42 Å². The third kappa shape index (κ3) is 3.43. The van der Waals surface area contributed by atoms with Crippen LogP contribution in [0.25, 0.3) is 0 Å². The molecular formula is C12H21NO4. The predicted octanol–water partition coefficient (Wildman–Crippen LogP) is 0.909. The van der Waals surface area contributed by atoms with Crippen molar-refractivity contribution in [2.45, 2.75) is 51.5 Å². The Bertz CT molecular complexity index is 280. The van der Waals surface area contributed by atoms with Crippen LogP contribution in [-0.2, 0) is 9.59 Å². The summed E-state index contributed by atoms with van der Waals surface area (Å²) in [6.45, 7) is 1.76. The quantitative estimate of drug-likeness (QED) is 0.647. The Hall–Kier alpha value is -1.10. The van der Waals surface area contributed by atoms with E-state index in [9.17, 15) is 14.7 Å². The second kappa shape index (κ2) is 6.00. The van der Waals surface area contributed by atoms with Crippen molar-refractivity contribution in [3.63, 3.8) is 0 Å². The van der Waals surface area contributed by atoms with Crippen LogP contribution in [0.3, 0.4) is 0 Å². The normalized spacial score (nSPS) is 19.9. The van der Waals surface area contributed by atoms with Gasteiger partial charge in [-0.15, -0.1) is 0 Å². The van der Waals surface area contributed by atoms with Crippen LogP contribution < -0.4 is 5.32 Å². The Kier molecular flexibility index (Phi) is 4.93. The first-order valence-corrected chi connectivity index (χ1v) is 6.17. The lowest BCUT2D eigenvalue weighted by Crippen LogP contribution is -2.41. The summed E-state index contributed by atoms with van der Waals surface area (Å²) >= 11 is 0. The zero-order chi connectivity index (χ0) is 12.9. The van der Waals surface area contributed by atoms with E-state index >= 15 is 0 Å². The van der Waals surface area contributed by atoms with Crippen molar-refractivity contribution in [1.82, 2.24) is 5.32 Å². The first-order chi connectivity index (χ1) is 8.04. The lowest BCUT2D eigenvalue weighted by Gasteiger charge is -2.24. The molecule has 0 aromatic heterocycles. The molecule has 1 fully saturated rings. The summed E-state index contributed by atoms with van der Waals surface area (Å²) in [6, 6.07) is -0.269. The second-order valence-electron chi connectivity index (χ2n) is 4.82. The van der Waals surface area contributed by atoms with E-state index in [1.807, 2.05) is 6.92 Å². The van der Waals surface area contributed by atoms with Crippen LogP contribution in [0.4, 0.5) is 0 Å². The summed E-state index contributed by atoms with van der Waals surface area (Å²) in [5.74, 6) is -1.14. The number of aliphatic hydroxyl groups is 1. The summed E-state index contributed by atoms with van der Waals surface area (Å²) in [5, 5.41) is 20.9. The number of nitrogens with one attached hydrogen (secondary N) is 1. The highest BCUT2D eigenvalue weighted by atomic mass is 16.4. The van der Waals surface area contributed by atoms with Crippen molar-refractivity contribution in [1.29, 1.82) is 0 Å². The highest BCUT2D eigenvalue weighted by Gasteiger charge is 2.43. The average Bonchev–Trinajstić information content (AvgIpc) is 2.75. The smallest absolute Gasteiger partial charge is 0.310 e. The summed E-state index contributed by atoms with van der Waals surface area (Å²) in [6.07, 6.45) is 3.56. The van der Waals surface area contributed by atoms with Crippen molar-refractivity contribution in [2.75, 3.05) is 6.61 Å². The summed E-state index contributed by atoms with van der Waals surface area (Å²) in [7, 11) is 0. The van der Waals surface area contributed by atoms with Crippen LogP contribution in [0.2, 0.25) is 0 Å². The van der Waals surface area contributed by atoms with Crippen LogP contribution in [0, 0.1) is 5.41 Å². The summed E-state index contributed by atoms with van der Waals surface area (Å²) < 4.78 is 0. The van der Waals surface area contributed by atoms with Crippen molar-refractivity contribution >= 4 is 11.9 Å². The van der Waals surface area contributed by atoms with E-state index in [2.05, 4.69) is 5.32 Å². The predicted molar refractivity (Wildman–Crippen MR) is 62.5 cm³/mol. The van der Waals surface area contributed by atoms with E-state index in [1.165, 1.54) is 0 Å². The van der Waals surface area contributed by atoms with Gasteiger partial charge < -0.3 is 15.5 Å². The lowest BCUT2D eigenvalue weighted by molar-refractivity contribution is -0.151. The van der Waals surface area contributed by atoms with Crippen molar-refractivity contribution < 1.29 is 19.8 Å². The standard InChI is InChI=1S/C12H21NO4/c1-2-9(8-14)13-10(15)7-12(11(16)17)5-3-4-6-12/h9,14H,2-8H2,1H3,(H,13,15)(H,16,17). The van der Waals surface area contributed by atoms with Gasteiger partial charge in [-0.2, -0.15) is 0 Å². The van der Waals surface area contributed by atoms with Gasteiger partial charge in [-0.25, -0.2) is 0 Å². The molecule has 1 amide bonds. The minimum Gasteiger partial charge on any atom is -0.481 e. The zero-order valence-electron chi connectivity index (χ0n) is 10.2. The maximum Gasteiger partial charge on any atom is 0.310 e. The Balaban J connectivity index is 2.56. The molecule has 0 bridgehead atoms. The van der Waals surface area contributed by atoms with Gasteiger partial charge >= 0.3 is 5.97 Å². The number of carboxylic acid groups (broad SMARTS) is 1. The number of aliphatic hydroxyl groups excluding tert-OH is 1. The number of hydrogen-bond donors (Lipinski definition) is 3. The molecule has 1 saturated carbocycles. The fourth-order valence-corrected chi connectivity index (χ4v) is 2.38. The largest absolute Gasteiger partial charge is 0.481 e. The van der Waals surface area contributed by atoms with E-state index in [1.54, 1.807) is 0 Å². The van der Waals surface area contributed by atoms with Crippen LogP contribution in [0.1, 0.15) is 45.4 Å². The fourth-order valence-electron chi connectivity index (χ4n) is 2.38. The molecule has 17 heavy (non-hydrogen) atoms. The maximum absolute atomic E-state index is 11.8. The minimum atomic E-state index is -0.877. The molecule has 0 saturated heterocycles. The molecule has 1 rings (SSSR count). The molecule has 0 aromatic carbocycles. The van der Waals surface area contributed by atoms with Crippen molar-refractivity contribution in [2.24, 2.45) is 5.41 Å². The fraction of sp³-hybridized carbons (Fsp3) is 0.833. The van der Waals surface area contributed by atoms with Gasteiger partial charge in [0.1, 0.15) is 0 Å². The molecule has 1 aliphatic carbocycles. The monoisotopic (exact) mass is 243 g/mol. The van der Waals surface area contributed by atoms with Gasteiger partial charge in [0.25, 0.3) is 0 Å². The van der Waals surface area contributed by atoms with Crippen LogP contribution in [0.15, 0.2) is 0 Å². The van der Waals surface area contributed by atoms with E-state index in [0.717, 1.165) is 12.8 Å². The zero-order valence-corrected chi connectivity index (χ0v) is 10.2. The second-order valence-corrected chi connectivity index (χ2v) is 4.82. The van der Waals surface area contributed by atoms with E-state index in [0.29, 0.717) is 19.3 Å². The first kappa shape index (κ1) is 14.0. The molecule has 98 valence electrons. The number of carbonyl (C=O) groups excluding carboxylic acids is 1. The Morgan fingerprint density at radius 2 is 1.94 bits per heavy atom. The lowest BCUT2D eigenvalue weighted by atomic mass is 9.82. The van der Waals surface area contributed by atoms with Gasteiger partial charge in [-0.3, -0.25) is 9.59 Å². The third-order valence-corrected chi connectivity index (χ3v) is 3.59. The molecule has 5 nitrogen and oxygen atoms in total. The molecule has 1 aliphatic rings. The molecule has 0 spiro atoms. The number of rotatable bonds is 6. The number of hydrogen-bond acceptors (Lipinski definition) is 3. The maximum atomic E-state index is 11.8. The third-order valence-electron chi connectivity index (χ3n) is 3.59. The Labute approximate surface area is 101 Å². The summed E-state index contributed by atoms with van der Waals surface area (Å²) in [5.41, 5.74) is -0.877. The van der Waals surface area contributed by atoms with Crippen LogP contribution >= 0.6 is 0 Å². The molecule has 1 unspecified atom stereocenters. The van der Waals surface area contributed by atoms with Crippen LogP contribution in [0.5, 0.6) is 0 Å². The Morgan fingerprint density at radius 3 is 2.35 bits per heavy atom. The molecule has 5 heteroatoms. The summed E-state index contributed by atoms with van der Waals surface area (Å²) in [4.78, 5) is 23.0. The highest BCUT2D eigenvalue weighted by molar-refractivity contribution is 5.85. The topological polar surface area (TPSA) is 86.6 Å². The van der Waals surface area contributed by atoms with Gasteiger partial charge in [-0.05, 0) is 19.3 Å². The minimum absolute atomic E-state index is 0.0266. The molecular weight excluding hydrogens is 222 g/mol. The molecule has 0 aromatic rings. The van der Waals surface area contributed by atoms with Gasteiger partial charge in [0.05, 0.1) is 18.1 Å². The average molecular weight is 243 g/mol. The molecule has 0 radical (unpaired) electrons. The van der Waals surface area contributed by atoms with Crippen LogP contribution in [-0.4, -0.2) is 34.7 Å². The molecule has 0 aliphatic heterocycles. The number of carbonyl (C=O) groups is 2. The van der Waals surface area contributed by atoms with Gasteiger partial charge in [-0.1, -0.05) is 19.8 Å². The first-order valence-electron chi connectivity index (χ1n) is 6.17. The SMILES string of the molecule is CCC(CO)NC(=O)CC1(C(=O)O)CCCC1. The van der Waals surface area contributed by atoms with E-state index < -0.39 is 11.4 Å². The van der Waals surface area contributed by atoms with Crippen molar-refractivity contribution in [3.8, 4) is 0 Å². The number of aliphatic carboxylic acids is 1. The molecule has 0 heterocycles. The van der Waals surface area contributed by atoms with Gasteiger partial charge in [0.15, 0.2) is 0 Å². The highest BCUT2D eigenvalue weighted by Crippen LogP contribution is 2.41. The van der Waals surface area contributed by atoms with E-state index in [4.69, 9.17) is 5.11 Å². The van der Waals surface area contributed by atoms with Gasteiger partial charge in [0.2, 0.25) is 5.91 Å². The molecule has 3 N–H and O–H groups in total. The van der Waals surface area contributed by atoms with E-state index in [-0.39, 0.29) is 25.0 Å². The molecule has 1 atom stereocenters.